The molecule has 7 heavy (non-hydrogen) atoms. The van der Waals surface area contributed by atoms with Gasteiger partial charge >= 0.3 is 0 Å². The van der Waals surface area contributed by atoms with Crippen LogP contribution < -0.4 is 5.32 Å². The van der Waals surface area contributed by atoms with E-state index >= 15 is 0 Å². The molecule has 0 aromatic carbocycles. The normalized spacial score (nSPS) is 24.0. The number of hydrogen-bond donors (Lipinski definition) is 1. The van der Waals surface area contributed by atoms with Crippen LogP contribution in [-0.2, 0) is 4.74 Å². The number of ether oxygens (including phenoxy) is 1. The van der Waals surface area contributed by atoms with Crippen LogP contribution in [0.15, 0.2) is 0 Å². The molecular weight excluding hydrogens is 110 g/mol. The molecule has 0 spiro atoms. The van der Waals surface area contributed by atoms with Gasteiger partial charge in [0.15, 0.2) is 0 Å². The first-order valence-corrected chi connectivity index (χ1v) is 3.52. The predicted molar refractivity (Wildman–Crippen MR) is 31.3 cm³/mol. The van der Waals surface area contributed by atoms with Gasteiger partial charge in [0.25, 0.3) is 0 Å². The van der Waals surface area contributed by atoms with Crippen molar-refractivity contribution < 1.29 is 4.74 Å². The van der Waals surface area contributed by atoms with Gasteiger partial charge in [-0.2, -0.15) is 0 Å². The molecule has 1 aliphatic heterocycles. The number of nitrogens with one attached hydrogen (secondary N) is 1. The molecule has 3 heteroatoms. The van der Waals surface area contributed by atoms with E-state index in [0.717, 1.165) is 25.0 Å². The van der Waals surface area contributed by atoms with E-state index in [1.54, 1.807) is 11.8 Å². The highest BCUT2D eigenvalue weighted by molar-refractivity contribution is 7.99. The maximum absolute atomic E-state index is 5.09. The minimum Gasteiger partial charge on any atom is -0.369 e. The van der Waals surface area contributed by atoms with Gasteiger partial charge < -0.3 is 10.1 Å². The van der Waals surface area contributed by atoms with Crippen molar-refractivity contribution in [3.8, 4) is 0 Å². The summed E-state index contributed by atoms with van der Waals surface area (Å²) in [6.07, 6.45) is 0. The van der Waals surface area contributed by atoms with Crippen LogP contribution in [0.4, 0.5) is 0 Å². The van der Waals surface area contributed by atoms with E-state index < -0.39 is 0 Å². The molecule has 0 radical (unpaired) electrons. The standard InChI is InChI=1S/C4H9NOS/c1-2-6-4-7-3-5-1/h5H,1-4H2. The number of thioether (sulfide) groups is 1. The summed E-state index contributed by atoms with van der Waals surface area (Å²) in [5.74, 6) is 1.90. The fourth-order valence-corrected chi connectivity index (χ4v) is 1.06. The Balaban J connectivity index is 2.04. The zero-order chi connectivity index (χ0) is 4.95. The molecule has 0 bridgehead atoms. The molecule has 0 atom stereocenters. The molecule has 1 rings (SSSR count). The number of rotatable bonds is 0. The maximum Gasteiger partial charge on any atom is 0.0934 e. The van der Waals surface area contributed by atoms with Gasteiger partial charge in [-0.25, -0.2) is 0 Å². The first kappa shape index (κ1) is 5.41. The third-order valence-corrected chi connectivity index (χ3v) is 1.54. The first-order chi connectivity index (χ1) is 3.50. The fraction of sp³-hybridized carbons (Fsp3) is 1.00. The Bertz CT molecular complexity index is 31.3. The van der Waals surface area contributed by atoms with Crippen molar-refractivity contribution in [1.29, 1.82) is 0 Å². The lowest BCUT2D eigenvalue weighted by Crippen LogP contribution is -2.14. The minimum atomic E-state index is 0.854. The lowest BCUT2D eigenvalue weighted by molar-refractivity contribution is 0.190. The van der Waals surface area contributed by atoms with Gasteiger partial charge in [0.2, 0.25) is 0 Å². The van der Waals surface area contributed by atoms with Gasteiger partial charge in [0, 0.05) is 12.4 Å². The zero-order valence-electron chi connectivity index (χ0n) is 4.14. The smallest absolute Gasteiger partial charge is 0.0934 e. The monoisotopic (exact) mass is 119 g/mol. The topological polar surface area (TPSA) is 21.3 Å². The predicted octanol–water partition coefficient (Wildman–Crippen LogP) is 0.254. The van der Waals surface area contributed by atoms with Crippen LogP contribution in [0.25, 0.3) is 0 Å². The summed E-state index contributed by atoms with van der Waals surface area (Å²) in [5.41, 5.74) is 0. The molecule has 0 unspecified atom stereocenters. The molecule has 2 nitrogen and oxygen atoms in total. The van der Waals surface area contributed by atoms with Crippen molar-refractivity contribution in [3.05, 3.63) is 0 Å². The van der Waals surface area contributed by atoms with E-state index in [1.165, 1.54) is 0 Å². The lowest BCUT2D eigenvalue weighted by Gasteiger charge is -1.90. The second kappa shape index (κ2) is 3.29. The Morgan fingerprint density at radius 1 is 1.57 bits per heavy atom. The molecule has 0 aromatic rings. The molecule has 42 valence electrons. The maximum atomic E-state index is 5.09. The SMILES string of the molecule is C1COCSCN1. The second-order valence-corrected chi connectivity index (χ2v) is 2.31. The Morgan fingerprint density at radius 2 is 2.57 bits per heavy atom. The zero-order valence-corrected chi connectivity index (χ0v) is 4.96. The van der Waals surface area contributed by atoms with Crippen molar-refractivity contribution >= 4 is 11.8 Å². The highest BCUT2D eigenvalue weighted by Crippen LogP contribution is 1.98. The van der Waals surface area contributed by atoms with E-state index in [0.29, 0.717) is 0 Å². The number of hydrogen-bond acceptors (Lipinski definition) is 3. The van der Waals surface area contributed by atoms with Gasteiger partial charge in [0.1, 0.15) is 0 Å². The van der Waals surface area contributed by atoms with Crippen molar-refractivity contribution in [3.63, 3.8) is 0 Å². The third-order valence-electron chi connectivity index (χ3n) is 0.794. The summed E-state index contributed by atoms with van der Waals surface area (Å²) >= 11 is 1.78. The summed E-state index contributed by atoms with van der Waals surface area (Å²) < 4.78 is 5.09. The van der Waals surface area contributed by atoms with Crippen LogP contribution in [0.2, 0.25) is 0 Å². The summed E-state index contributed by atoms with van der Waals surface area (Å²) in [5, 5.41) is 3.19. The van der Waals surface area contributed by atoms with Crippen molar-refractivity contribution in [2.45, 2.75) is 0 Å². The van der Waals surface area contributed by atoms with Gasteiger partial charge in [-0.3, -0.25) is 0 Å². The molecule has 0 aromatic heterocycles. The van der Waals surface area contributed by atoms with Crippen LogP contribution in [-0.4, -0.2) is 25.0 Å². The van der Waals surface area contributed by atoms with Crippen LogP contribution >= 0.6 is 11.8 Å². The minimum absolute atomic E-state index is 0.854. The Kier molecular flexibility index (Phi) is 2.55. The summed E-state index contributed by atoms with van der Waals surface area (Å²) in [4.78, 5) is 0. The fourth-order valence-electron chi connectivity index (χ4n) is 0.448. The Hall–Kier alpha value is 0.270. The quantitative estimate of drug-likeness (QED) is 0.494. The second-order valence-electron chi connectivity index (χ2n) is 1.37. The molecule has 0 amide bonds. The summed E-state index contributed by atoms with van der Waals surface area (Å²) in [6, 6.07) is 0. The van der Waals surface area contributed by atoms with Crippen LogP contribution in [0.5, 0.6) is 0 Å². The molecule has 1 N–H and O–H groups in total. The van der Waals surface area contributed by atoms with Crippen LogP contribution in [0.3, 0.4) is 0 Å². The third kappa shape index (κ3) is 2.16. The van der Waals surface area contributed by atoms with E-state index in [-0.39, 0.29) is 0 Å². The summed E-state index contributed by atoms with van der Waals surface area (Å²) in [6.45, 7) is 1.88. The molecule has 0 saturated carbocycles. The van der Waals surface area contributed by atoms with Gasteiger partial charge in [-0.1, -0.05) is 0 Å². The Labute approximate surface area is 47.6 Å². The van der Waals surface area contributed by atoms with Crippen molar-refractivity contribution in [1.82, 2.24) is 5.32 Å². The van der Waals surface area contributed by atoms with E-state index in [4.69, 9.17) is 4.74 Å². The van der Waals surface area contributed by atoms with Crippen LogP contribution in [0, 0.1) is 0 Å². The van der Waals surface area contributed by atoms with E-state index in [1.807, 2.05) is 0 Å². The van der Waals surface area contributed by atoms with E-state index in [9.17, 15) is 0 Å². The van der Waals surface area contributed by atoms with E-state index in [2.05, 4.69) is 5.32 Å². The summed E-state index contributed by atoms with van der Waals surface area (Å²) in [7, 11) is 0. The molecule has 1 saturated heterocycles. The molecule has 1 heterocycles. The molecule has 0 aliphatic carbocycles. The van der Waals surface area contributed by atoms with Crippen molar-refractivity contribution in [2.75, 3.05) is 25.0 Å². The average molecular weight is 119 g/mol. The highest BCUT2D eigenvalue weighted by Gasteiger charge is 1.93. The van der Waals surface area contributed by atoms with Crippen molar-refractivity contribution in [2.24, 2.45) is 0 Å². The lowest BCUT2D eigenvalue weighted by atomic mass is 10.7. The average Bonchev–Trinajstić information content (AvgIpc) is 1.90. The highest BCUT2D eigenvalue weighted by atomic mass is 32.2. The van der Waals surface area contributed by atoms with Gasteiger partial charge in [-0.05, 0) is 0 Å². The van der Waals surface area contributed by atoms with Gasteiger partial charge in [-0.15, -0.1) is 11.8 Å². The largest absolute Gasteiger partial charge is 0.369 e. The van der Waals surface area contributed by atoms with Crippen LogP contribution in [0.1, 0.15) is 0 Å². The van der Waals surface area contributed by atoms with Gasteiger partial charge in [0.05, 0.1) is 12.5 Å². The first-order valence-electron chi connectivity index (χ1n) is 2.36. The Morgan fingerprint density at radius 3 is 3.57 bits per heavy atom. The molecular formula is C4H9NOS. The molecule has 1 aliphatic rings. The molecule has 1 fully saturated rings.